The number of guanidine groups is 1. The molecule has 1 aromatic heterocycles. The normalized spacial score (nSPS) is 17.0. The third-order valence-electron chi connectivity index (χ3n) is 5.54. The zero-order valence-electron chi connectivity index (χ0n) is 17.9. The predicted octanol–water partition coefficient (Wildman–Crippen LogP) is 2.48. The van der Waals surface area contributed by atoms with E-state index >= 15 is 0 Å². The van der Waals surface area contributed by atoms with Crippen molar-refractivity contribution in [3.05, 3.63) is 24.2 Å². The van der Waals surface area contributed by atoms with Gasteiger partial charge in [-0.15, -0.1) is 0 Å². The highest BCUT2D eigenvalue weighted by molar-refractivity contribution is 5.80. The van der Waals surface area contributed by atoms with Crippen LogP contribution in [0.15, 0.2) is 27.8 Å². The lowest BCUT2D eigenvalue weighted by atomic mass is 9.93. The molecule has 1 fully saturated rings. The molecule has 7 nitrogen and oxygen atoms in total. The van der Waals surface area contributed by atoms with Crippen LogP contribution in [0.3, 0.4) is 0 Å². The molecule has 1 unspecified atom stereocenters. The zero-order chi connectivity index (χ0) is 20.4. The summed E-state index contributed by atoms with van der Waals surface area (Å²) in [6.45, 7) is 11.7. The van der Waals surface area contributed by atoms with Gasteiger partial charge in [0.2, 0.25) is 5.91 Å². The standard InChI is InChI=1S/C21H37N5O2/c1-5-23-21(26-12-10-17(11-13-26)15-20(27)22-4)24-16-18(25(6-2)7-3)19-9-8-14-28-19/h8-9,14,17-18H,5-7,10-13,15-16H2,1-4H3,(H,22,27)(H,23,24). The van der Waals surface area contributed by atoms with Crippen molar-refractivity contribution in [1.29, 1.82) is 0 Å². The molecule has 1 saturated heterocycles. The molecule has 2 N–H and O–H groups in total. The van der Waals surface area contributed by atoms with Gasteiger partial charge in [-0.25, -0.2) is 0 Å². The molecule has 0 radical (unpaired) electrons. The minimum Gasteiger partial charge on any atom is -0.468 e. The summed E-state index contributed by atoms with van der Waals surface area (Å²) in [6.07, 6.45) is 4.41. The Morgan fingerprint density at radius 1 is 1.32 bits per heavy atom. The number of rotatable bonds is 9. The first-order chi connectivity index (χ1) is 13.6. The summed E-state index contributed by atoms with van der Waals surface area (Å²) in [5, 5.41) is 6.17. The number of likely N-dealkylation sites (N-methyl/N-ethyl adjacent to an activating group) is 1. The van der Waals surface area contributed by atoms with Crippen LogP contribution in [0.25, 0.3) is 0 Å². The summed E-state index contributed by atoms with van der Waals surface area (Å²) in [5.74, 6) is 2.53. The molecular weight excluding hydrogens is 354 g/mol. The second-order valence-corrected chi connectivity index (χ2v) is 7.25. The average Bonchev–Trinajstić information content (AvgIpc) is 3.25. The maximum atomic E-state index is 11.6. The van der Waals surface area contributed by atoms with E-state index in [1.165, 1.54) is 0 Å². The van der Waals surface area contributed by atoms with Gasteiger partial charge in [-0.2, -0.15) is 0 Å². The Balaban J connectivity index is 2.03. The van der Waals surface area contributed by atoms with Crippen LogP contribution < -0.4 is 10.6 Å². The summed E-state index contributed by atoms with van der Waals surface area (Å²) in [5.41, 5.74) is 0. The Labute approximate surface area is 169 Å². The second kappa shape index (κ2) is 11.7. The minimum absolute atomic E-state index is 0.138. The van der Waals surface area contributed by atoms with E-state index in [9.17, 15) is 4.79 Å². The Kier molecular flexibility index (Phi) is 9.34. The van der Waals surface area contributed by atoms with Crippen LogP contribution >= 0.6 is 0 Å². The van der Waals surface area contributed by atoms with Gasteiger partial charge < -0.3 is 20.0 Å². The van der Waals surface area contributed by atoms with Crippen molar-refractivity contribution in [2.45, 2.75) is 46.1 Å². The van der Waals surface area contributed by atoms with Crippen LogP contribution in [0.1, 0.15) is 51.8 Å². The van der Waals surface area contributed by atoms with Crippen molar-refractivity contribution >= 4 is 11.9 Å². The fraction of sp³-hybridized carbons (Fsp3) is 0.714. The maximum Gasteiger partial charge on any atom is 0.220 e. The van der Waals surface area contributed by atoms with E-state index in [2.05, 4.69) is 41.2 Å². The number of nitrogens with zero attached hydrogens (tertiary/aromatic N) is 3. The number of nitrogens with one attached hydrogen (secondary N) is 2. The van der Waals surface area contributed by atoms with Gasteiger partial charge >= 0.3 is 0 Å². The Bertz CT molecular complexity index is 590. The molecule has 1 atom stereocenters. The monoisotopic (exact) mass is 391 g/mol. The Morgan fingerprint density at radius 3 is 2.57 bits per heavy atom. The number of aliphatic imine (C=N–C) groups is 1. The minimum atomic E-state index is 0.138. The Morgan fingerprint density at radius 2 is 2.04 bits per heavy atom. The van der Waals surface area contributed by atoms with E-state index in [4.69, 9.17) is 9.41 Å². The molecule has 1 aromatic rings. The lowest BCUT2D eigenvalue weighted by Gasteiger charge is -2.34. The number of piperidine rings is 1. The molecule has 1 aliphatic rings. The van der Waals surface area contributed by atoms with Crippen molar-refractivity contribution in [1.82, 2.24) is 20.4 Å². The lowest BCUT2D eigenvalue weighted by molar-refractivity contribution is -0.121. The summed E-state index contributed by atoms with van der Waals surface area (Å²) in [6, 6.07) is 4.12. The molecule has 0 spiro atoms. The first-order valence-electron chi connectivity index (χ1n) is 10.6. The summed E-state index contributed by atoms with van der Waals surface area (Å²) < 4.78 is 5.70. The number of hydrogen-bond donors (Lipinski definition) is 2. The molecule has 0 bridgehead atoms. The van der Waals surface area contributed by atoms with Crippen LogP contribution in [-0.4, -0.2) is 68.0 Å². The smallest absolute Gasteiger partial charge is 0.220 e. The molecule has 1 aliphatic heterocycles. The second-order valence-electron chi connectivity index (χ2n) is 7.25. The fourth-order valence-electron chi connectivity index (χ4n) is 3.84. The van der Waals surface area contributed by atoms with Gasteiger partial charge in [-0.1, -0.05) is 13.8 Å². The van der Waals surface area contributed by atoms with Gasteiger partial charge in [0.1, 0.15) is 5.76 Å². The van der Waals surface area contributed by atoms with Crippen molar-refractivity contribution in [2.75, 3.05) is 46.3 Å². The van der Waals surface area contributed by atoms with Gasteiger partial charge in [0.05, 0.1) is 18.8 Å². The number of hydrogen-bond acceptors (Lipinski definition) is 4. The van der Waals surface area contributed by atoms with Crippen LogP contribution in [0, 0.1) is 5.92 Å². The molecule has 2 heterocycles. The molecule has 7 heteroatoms. The molecule has 0 aliphatic carbocycles. The Hall–Kier alpha value is -2.02. The molecule has 28 heavy (non-hydrogen) atoms. The van der Waals surface area contributed by atoms with Crippen molar-refractivity contribution in [2.24, 2.45) is 10.9 Å². The van der Waals surface area contributed by atoms with Crippen LogP contribution in [0.5, 0.6) is 0 Å². The lowest BCUT2D eigenvalue weighted by Crippen LogP contribution is -2.46. The highest BCUT2D eigenvalue weighted by Crippen LogP contribution is 2.23. The van der Waals surface area contributed by atoms with E-state index in [0.717, 1.165) is 57.3 Å². The van der Waals surface area contributed by atoms with Crippen LogP contribution in [0.2, 0.25) is 0 Å². The van der Waals surface area contributed by atoms with Gasteiger partial charge in [0, 0.05) is 33.1 Å². The zero-order valence-corrected chi connectivity index (χ0v) is 17.9. The SMILES string of the molecule is CCNC(=NCC(c1ccco1)N(CC)CC)N1CCC(CC(=O)NC)CC1. The number of amides is 1. The highest BCUT2D eigenvalue weighted by atomic mass is 16.3. The predicted molar refractivity (Wildman–Crippen MR) is 113 cm³/mol. The highest BCUT2D eigenvalue weighted by Gasteiger charge is 2.24. The fourth-order valence-corrected chi connectivity index (χ4v) is 3.84. The number of furan rings is 1. The number of carbonyl (C=O) groups is 1. The molecular formula is C21H37N5O2. The van der Waals surface area contributed by atoms with E-state index in [1.807, 2.05) is 12.1 Å². The molecule has 158 valence electrons. The third-order valence-corrected chi connectivity index (χ3v) is 5.54. The van der Waals surface area contributed by atoms with Crippen molar-refractivity contribution in [3.63, 3.8) is 0 Å². The molecule has 0 aromatic carbocycles. The van der Waals surface area contributed by atoms with Gasteiger partial charge in [-0.05, 0) is 50.9 Å². The van der Waals surface area contributed by atoms with Crippen molar-refractivity contribution < 1.29 is 9.21 Å². The molecule has 2 rings (SSSR count). The third kappa shape index (κ3) is 6.26. The van der Waals surface area contributed by atoms with Crippen LogP contribution in [-0.2, 0) is 4.79 Å². The first-order valence-corrected chi connectivity index (χ1v) is 10.6. The maximum absolute atomic E-state index is 11.6. The van der Waals surface area contributed by atoms with E-state index in [0.29, 0.717) is 18.9 Å². The molecule has 1 amide bonds. The number of likely N-dealkylation sites (tertiary alicyclic amines) is 1. The van der Waals surface area contributed by atoms with E-state index in [-0.39, 0.29) is 11.9 Å². The van der Waals surface area contributed by atoms with Gasteiger partial charge in [0.15, 0.2) is 5.96 Å². The molecule has 0 saturated carbocycles. The average molecular weight is 392 g/mol. The first kappa shape index (κ1) is 22.3. The largest absolute Gasteiger partial charge is 0.468 e. The van der Waals surface area contributed by atoms with Gasteiger partial charge in [-0.3, -0.25) is 14.7 Å². The summed E-state index contributed by atoms with van der Waals surface area (Å²) in [7, 11) is 1.71. The van der Waals surface area contributed by atoms with Crippen molar-refractivity contribution in [3.8, 4) is 0 Å². The van der Waals surface area contributed by atoms with E-state index in [1.54, 1.807) is 13.3 Å². The van der Waals surface area contributed by atoms with Gasteiger partial charge in [0.25, 0.3) is 0 Å². The quantitative estimate of drug-likeness (QED) is 0.500. The number of carbonyl (C=O) groups excluding carboxylic acids is 1. The summed E-state index contributed by atoms with van der Waals surface area (Å²) >= 11 is 0. The van der Waals surface area contributed by atoms with Crippen LogP contribution in [0.4, 0.5) is 0 Å². The topological polar surface area (TPSA) is 73.1 Å². The van der Waals surface area contributed by atoms with E-state index < -0.39 is 0 Å². The summed E-state index contributed by atoms with van der Waals surface area (Å²) in [4.78, 5) is 21.3.